The number of carbonyl (C=O) groups excluding carboxylic acids is 1. The smallest absolute Gasteiger partial charge is 0.336 e. The molecule has 0 saturated carbocycles. The molecule has 0 bridgehead atoms. The lowest BCUT2D eigenvalue weighted by Gasteiger charge is -2.33. The van der Waals surface area contributed by atoms with E-state index in [1.165, 1.54) is 23.9 Å². The second kappa shape index (κ2) is 8.43. The molecule has 32 heavy (non-hydrogen) atoms. The lowest BCUT2D eigenvalue weighted by Crippen LogP contribution is -2.31. The van der Waals surface area contributed by atoms with Crippen molar-refractivity contribution in [3.8, 4) is 0 Å². The van der Waals surface area contributed by atoms with Crippen LogP contribution >= 0.6 is 11.8 Å². The lowest BCUT2D eigenvalue weighted by atomic mass is 9.73. The van der Waals surface area contributed by atoms with Crippen molar-refractivity contribution in [2.24, 2.45) is 0 Å². The predicted octanol–water partition coefficient (Wildman–Crippen LogP) is 5.94. The molecule has 1 aliphatic rings. The van der Waals surface area contributed by atoms with Crippen LogP contribution in [0.2, 0.25) is 0 Å². The van der Waals surface area contributed by atoms with E-state index in [4.69, 9.17) is 0 Å². The SMILES string of the molecule is Cc1c(N2C(=O)CSC2c2ccc(F)cc2)ccc(C(=O)O)c1C(C)(C)c1ccccc1. The summed E-state index contributed by atoms with van der Waals surface area (Å²) in [6, 6.07) is 19.2. The van der Waals surface area contributed by atoms with Gasteiger partial charge in [0.1, 0.15) is 11.2 Å². The molecule has 0 spiro atoms. The van der Waals surface area contributed by atoms with E-state index in [0.717, 1.165) is 16.7 Å². The van der Waals surface area contributed by atoms with Crippen LogP contribution in [0.15, 0.2) is 66.7 Å². The fourth-order valence-corrected chi connectivity index (χ4v) is 5.67. The molecule has 1 aliphatic heterocycles. The Morgan fingerprint density at radius 1 is 1.06 bits per heavy atom. The fraction of sp³-hybridized carbons (Fsp3) is 0.231. The predicted molar refractivity (Wildman–Crippen MR) is 126 cm³/mol. The van der Waals surface area contributed by atoms with Gasteiger partial charge in [-0.2, -0.15) is 0 Å². The van der Waals surface area contributed by atoms with Crippen molar-refractivity contribution < 1.29 is 19.1 Å². The summed E-state index contributed by atoms with van der Waals surface area (Å²) in [5.41, 5.74) is 3.54. The number of anilines is 1. The molecule has 3 aromatic rings. The Balaban J connectivity index is 1.89. The van der Waals surface area contributed by atoms with Crippen LogP contribution in [0.1, 0.15) is 51.8 Å². The van der Waals surface area contributed by atoms with E-state index < -0.39 is 11.4 Å². The molecule has 1 saturated heterocycles. The first-order valence-corrected chi connectivity index (χ1v) is 11.4. The van der Waals surface area contributed by atoms with Gasteiger partial charge in [0.15, 0.2) is 0 Å². The highest BCUT2D eigenvalue weighted by atomic mass is 32.2. The Bertz CT molecular complexity index is 1180. The van der Waals surface area contributed by atoms with Gasteiger partial charge in [0.05, 0.1) is 11.3 Å². The van der Waals surface area contributed by atoms with Gasteiger partial charge in [-0.05, 0) is 53.4 Å². The largest absolute Gasteiger partial charge is 0.478 e. The first-order valence-electron chi connectivity index (χ1n) is 10.3. The van der Waals surface area contributed by atoms with E-state index in [1.54, 1.807) is 29.2 Å². The highest BCUT2D eigenvalue weighted by Crippen LogP contribution is 2.46. The summed E-state index contributed by atoms with van der Waals surface area (Å²) in [5.74, 6) is -1.09. The standard InChI is InChI=1S/C26H24FNO3S/c1-16-21(28-22(29)15-32-24(28)17-9-11-19(27)12-10-17)14-13-20(25(30)31)23(16)26(2,3)18-7-5-4-6-8-18/h4-14,24H,15H2,1-3H3,(H,30,31). The Kier molecular flexibility index (Phi) is 5.82. The highest BCUT2D eigenvalue weighted by Gasteiger charge is 2.38. The molecule has 3 aromatic carbocycles. The van der Waals surface area contributed by atoms with Crippen LogP contribution in [0.3, 0.4) is 0 Å². The number of amides is 1. The molecule has 0 aliphatic carbocycles. The van der Waals surface area contributed by atoms with Gasteiger partial charge in [-0.25, -0.2) is 9.18 Å². The van der Waals surface area contributed by atoms with Gasteiger partial charge in [-0.3, -0.25) is 9.69 Å². The van der Waals surface area contributed by atoms with Crippen LogP contribution in [0, 0.1) is 12.7 Å². The Labute approximate surface area is 191 Å². The zero-order valence-electron chi connectivity index (χ0n) is 18.1. The second-order valence-electron chi connectivity index (χ2n) is 8.41. The number of carboxylic acids is 1. The number of aromatic carboxylic acids is 1. The minimum atomic E-state index is -1.00. The van der Waals surface area contributed by atoms with Gasteiger partial charge in [0.25, 0.3) is 0 Å². The summed E-state index contributed by atoms with van der Waals surface area (Å²) in [6.45, 7) is 5.87. The van der Waals surface area contributed by atoms with Gasteiger partial charge >= 0.3 is 5.97 Å². The Hall–Kier alpha value is -3.12. The van der Waals surface area contributed by atoms with E-state index in [1.807, 2.05) is 51.1 Å². The number of carbonyl (C=O) groups is 2. The van der Waals surface area contributed by atoms with E-state index >= 15 is 0 Å². The van der Waals surface area contributed by atoms with E-state index in [2.05, 4.69) is 0 Å². The molecule has 0 radical (unpaired) electrons. The van der Waals surface area contributed by atoms with Crippen LogP contribution in [-0.4, -0.2) is 22.7 Å². The quantitative estimate of drug-likeness (QED) is 0.524. The third-order valence-corrected chi connectivity index (χ3v) is 7.28. The number of hydrogen-bond donors (Lipinski definition) is 1. The average molecular weight is 450 g/mol. The molecular weight excluding hydrogens is 425 g/mol. The summed E-state index contributed by atoms with van der Waals surface area (Å²) < 4.78 is 13.5. The van der Waals surface area contributed by atoms with Crippen molar-refractivity contribution in [1.82, 2.24) is 0 Å². The first-order chi connectivity index (χ1) is 15.2. The fourth-order valence-electron chi connectivity index (χ4n) is 4.50. The molecule has 164 valence electrons. The van der Waals surface area contributed by atoms with Gasteiger partial charge in [-0.1, -0.05) is 56.3 Å². The molecule has 4 nitrogen and oxygen atoms in total. The molecule has 1 atom stereocenters. The Morgan fingerprint density at radius 3 is 2.34 bits per heavy atom. The summed E-state index contributed by atoms with van der Waals surface area (Å²) in [6.07, 6.45) is 0. The van der Waals surface area contributed by atoms with Gasteiger partial charge < -0.3 is 5.11 Å². The normalized spacial score (nSPS) is 16.4. The van der Waals surface area contributed by atoms with Crippen molar-refractivity contribution in [3.05, 3.63) is 100 Å². The zero-order chi connectivity index (χ0) is 23.0. The molecule has 1 unspecified atom stereocenters. The molecule has 0 aromatic heterocycles. The van der Waals surface area contributed by atoms with Crippen LogP contribution in [0.25, 0.3) is 0 Å². The van der Waals surface area contributed by atoms with Crippen molar-refractivity contribution in [3.63, 3.8) is 0 Å². The van der Waals surface area contributed by atoms with E-state index in [0.29, 0.717) is 17.0 Å². The number of halogens is 1. The molecular formula is C26H24FNO3S. The van der Waals surface area contributed by atoms with Crippen molar-refractivity contribution >= 4 is 29.3 Å². The Morgan fingerprint density at radius 2 is 1.72 bits per heavy atom. The van der Waals surface area contributed by atoms with Crippen molar-refractivity contribution in [2.45, 2.75) is 31.6 Å². The minimum Gasteiger partial charge on any atom is -0.478 e. The summed E-state index contributed by atoms with van der Waals surface area (Å²) in [5, 5.41) is 9.64. The third-order valence-electron chi connectivity index (χ3n) is 6.07. The number of hydrogen-bond acceptors (Lipinski definition) is 3. The van der Waals surface area contributed by atoms with Gasteiger partial charge in [0, 0.05) is 11.1 Å². The van der Waals surface area contributed by atoms with Crippen LogP contribution in [-0.2, 0) is 10.2 Å². The van der Waals surface area contributed by atoms with E-state index in [-0.39, 0.29) is 22.7 Å². The molecule has 4 rings (SSSR count). The average Bonchev–Trinajstić information content (AvgIpc) is 3.15. The summed E-state index contributed by atoms with van der Waals surface area (Å²) in [7, 11) is 0. The van der Waals surface area contributed by atoms with Gasteiger partial charge in [0.2, 0.25) is 5.91 Å². The maximum atomic E-state index is 13.5. The third kappa shape index (κ3) is 3.79. The number of thioether (sulfide) groups is 1. The van der Waals surface area contributed by atoms with Crippen LogP contribution in [0.5, 0.6) is 0 Å². The molecule has 1 fully saturated rings. The van der Waals surface area contributed by atoms with Crippen LogP contribution < -0.4 is 4.90 Å². The number of benzene rings is 3. The van der Waals surface area contributed by atoms with Gasteiger partial charge in [-0.15, -0.1) is 11.8 Å². The number of carboxylic acid groups (broad SMARTS) is 1. The maximum Gasteiger partial charge on any atom is 0.336 e. The highest BCUT2D eigenvalue weighted by molar-refractivity contribution is 8.00. The number of nitrogens with zero attached hydrogens (tertiary/aromatic N) is 1. The molecule has 1 N–H and O–H groups in total. The molecule has 1 amide bonds. The minimum absolute atomic E-state index is 0.0565. The van der Waals surface area contributed by atoms with E-state index in [9.17, 15) is 19.1 Å². The number of rotatable bonds is 5. The van der Waals surface area contributed by atoms with Crippen molar-refractivity contribution in [2.75, 3.05) is 10.7 Å². The molecule has 1 heterocycles. The second-order valence-corrected chi connectivity index (χ2v) is 9.48. The first kappa shape index (κ1) is 22.1. The van der Waals surface area contributed by atoms with Crippen LogP contribution in [0.4, 0.5) is 10.1 Å². The maximum absolute atomic E-state index is 13.5. The lowest BCUT2D eigenvalue weighted by molar-refractivity contribution is -0.115. The zero-order valence-corrected chi connectivity index (χ0v) is 18.9. The topological polar surface area (TPSA) is 57.6 Å². The summed E-state index contributed by atoms with van der Waals surface area (Å²) in [4.78, 5) is 26.8. The molecule has 6 heteroatoms. The summed E-state index contributed by atoms with van der Waals surface area (Å²) >= 11 is 1.48. The van der Waals surface area contributed by atoms with Crippen molar-refractivity contribution in [1.29, 1.82) is 0 Å². The monoisotopic (exact) mass is 449 g/mol.